The molecule has 0 radical (unpaired) electrons. The van der Waals surface area contributed by atoms with Gasteiger partial charge in [0, 0.05) is 32.7 Å². The highest BCUT2D eigenvalue weighted by molar-refractivity contribution is 9.10. The number of thiazole rings is 1. The van der Waals surface area contributed by atoms with Gasteiger partial charge < -0.3 is 5.32 Å². The van der Waals surface area contributed by atoms with Crippen LogP contribution in [0.15, 0.2) is 15.9 Å². The van der Waals surface area contributed by atoms with Crippen LogP contribution in [-0.4, -0.2) is 4.98 Å². The molecule has 0 aliphatic heterocycles. The van der Waals surface area contributed by atoms with Crippen molar-refractivity contribution in [2.45, 2.75) is 26.9 Å². The highest BCUT2D eigenvalue weighted by atomic mass is 79.9. The Morgan fingerprint density at radius 3 is 2.75 bits per heavy atom. The van der Waals surface area contributed by atoms with E-state index in [4.69, 9.17) is 0 Å². The average molecular weight is 317 g/mol. The first-order chi connectivity index (χ1) is 7.65. The Bertz CT molecular complexity index is 476. The molecule has 0 spiro atoms. The summed E-state index contributed by atoms with van der Waals surface area (Å²) in [4.78, 5) is 7.11. The van der Waals surface area contributed by atoms with Crippen LogP contribution in [0.3, 0.4) is 0 Å². The number of nitrogens with zero attached hydrogens (tertiary/aromatic N) is 1. The van der Waals surface area contributed by atoms with Gasteiger partial charge in [0.25, 0.3) is 0 Å². The molecule has 2 nitrogen and oxygen atoms in total. The molecule has 2 aromatic rings. The van der Waals surface area contributed by atoms with Crippen molar-refractivity contribution in [2.24, 2.45) is 0 Å². The van der Waals surface area contributed by atoms with E-state index in [9.17, 15) is 0 Å². The number of hydrogen-bond acceptors (Lipinski definition) is 4. The van der Waals surface area contributed by atoms with Gasteiger partial charge in [0.1, 0.15) is 0 Å². The van der Waals surface area contributed by atoms with Crippen LogP contribution in [0.5, 0.6) is 0 Å². The van der Waals surface area contributed by atoms with E-state index in [-0.39, 0.29) is 0 Å². The third kappa shape index (κ3) is 3.13. The molecule has 0 aliphatic carbocycles. The SMILES string of the molecule is Cc1nc(C)c(CNCc2cc(Br)cs2)s1. The van der Waals surface area contributed by atoms with Gasteiger partial charge >= 0.3 is 0 Å². The Balaban J connectivity index is 1.86. The first-order valence-corrected chi connectivity index (χ1v) is 7.50. The predicted octanol–water partition coefficient (Wildman–Crippen LogP) is 3.87. The maximum Gasteiger partial charge on any atom is 0.0900 e. The highest BCUT2D eigenvalue weighted by Gasteiger charge is 2.04. The number of thiophene rings is 1. The van der Waals surface area contributed by atoms with Gasteiger partial charge in [-0.2, -0.15) is 0 Å². The van der Waals surface area contributed by atoms with Crippen LogP contribution in [0.1, 0.15) is 20.5 Å². The molecule has 0 saturated heterocycles. The molecule has 0 atom stereocenters. The molecule has 0 amide bonds. The third-order valence-corrected chi connectivity index (χ3v) is 4.98. The zero-order chi connectivity index (χ0) is 11.5. The maximum absolute atomic E-state index is 4.41. The lowest BCUT2D eigenvalue weighted by atomic mass is 10.4. The van der Waals surface area contributed by atoms with E-state index in [0.29, 0.717) is 0 Å². The molecular formula is C11H13BrN2S2. The maximum atomic E-state index is 4.41. The Labute approximate surface area is 112 Å². The van der Waals surface area contributed by atoms with Crippen LogP contribution >= 0.6 is 38.6 Å². The largest absolute Gasteiger partial charge is 0.307 e. The van der Waals surface area contributed by atoms with E-state index in [1.807, 2.05) is 0 Å². The quantitative estimate of drug-likeness (QED) is 0.926. The molecule has 86 valence electrons. The van der Waals surface area contributed by atoms with Gasteiger partial charge in [0.15, 0.2) is 0 Å². The molecule has 2 aromatic heterocycles. The van der Waals surface area contributed by atoms with Gasteiger partial charge in [-0.1, -0.05) is 0 Å². The molecule has 2 heterocycles. The third-order valence-electron chi connectivity index (χ3n) is 2.21. The fourth-order valence-corrected chi connectivity index (χ4v) is 3.81. The van der Waals surface area contributed by atoms with Crippen molar-refractivity contribution in [3.05, 3.63) is 36.4 Å². The summed E-state index contributed by atoms with van der Waals surface area (Å²) in [6, 6.07) is 2.16. The minimum absolute atomic E-state index is 0.910. The van der Waals surface area contributed by atoms with E-state index in [2.05, 4.69) is 51.5 Å². The number of nitrogens with one attached hydrogen (secondary N) is 1. The summed E-state index contributed by atoms with van der Waals surface area (Å²) in [6.45, 7) is 5.96. The first-order valence-electron chi connectivity index (χ1n) is 5.01. The molecule has 0 aromatic carbocycles. The topological polar surface area (TPSA) is 24.9 Å². The van der Waals surface area contributed by atoms with Crippen LogP contribution in [0, 0.1) is 13.8 Å². The summed E-state index contributed by atoms with van der Waals surface area (Å²) in [7, 11) is 0. The second-order valence-electron chi connectivity index (χ2n) is 3.58. The van der Waals surface area contributed by atoms with Crippen molar-refractivity contribution in [1.82, 2.24) is 10.3 Å². The summed E-state index contributed by atoms with van der Waals surface area (Å²) in [5, 5.41) is 6.70. The van der Waals surface area contributed by atoms with Crippen molar-refractivity contribution in [1.29, 1.82) is 0 Å². The Morgan fingerprint density at radius 2 is 2.19 bits per heavy atom. The van der Waals surface area contributed by atoms with Crippen LogP contribution in [-0.2, 0) is 13.1 Å². The lowest BCUT2D eigenvalue weighted by molar-refractivity contribution is 0.704. The average Bonchev–Trinajstić information content (AvgIpc) is 2.74. The molecule has 0 aliphatic rings. The predicted molar refractivity (Wildman–Crippen MR) is 74.2 cm³/mol. The van der Waals surface area contributed by atoms with Crippen LogP contribution in [0.25, 0.3) is 0 Å². The molecule has 2 rings (SSSR count). The fraction of sp³-hybridized carbons (Fsp3) is 0.364. The summed E-state index contributed by atoms with van der Waals surface area (Å²) in [5.74, 6) is 0. The minimum atomic E-state index is 0.910. The fourth-order valence-electron chi connectivity index (χ4n) is 1.48. The standard InChI is InChI=1S/C11H13BrN2S2/c1-7-11(16-8(2)14-7)5-13-4-10-3-9(12)6-15-10/h3,6,13H,4-5H2,1-2H3. The second kappa shape index (κ2) is 5.40. The zero-order valence-corrected chi connectivity index (χ0v) is 12.4. The molecule has 1 N–H and O–H groups in total. The monoisotopic (exact) mass is 316 g/mol. The van der Waals surface area contributed by atoms with Crippen molar-refractivity contribution in [2.75, 3.05) is 0 Å². The van der Waals surface area contributed by atoms with Gasteiger partial charge in [-0.15, -0.1) is 22.7 Å². The molecular weight excluding hydrogens is 304 g/mol. The van der Waals surface area contributed by atoms with E-state index >= 15 is 0 Å². The summed E-state index contributed by atoms with van der Waals surface area (Å²) in [5.41, 5.74) is 1.15. The van der Waals surface area contributed by atoms with Gasteiger partial charge in [-0.3, -0.25) is 0 Å². The van der Waals surface area contributed by atoms with Gasteiger partial charge in [0.05, 0.1) is 10.7 Å². The molecule has 0 saturated carbocycles. The molecule has 0 bridgehead atoms. The number of rotatable bonds is 4. The van der Waals surface area contributed by atoms with E-state index in [1.165, 1.54) is 14.2 Å². The van der Waals surface area contributed by atoms with Crippen molar-refractivity contribution >= 4 is 38.6 Å². The molecule has 0 unspecified atom stereocenters. The summed E-state index contributed by atoms with van der Waals surface area (Å²) >= 11 is 7.01. The smallest absolute Gasteiger partial charge is 0.0900 e. The van der Waals surface area contributed by atoms with E-state index in [0.717, 1.165) is 23.8 Å². The Kier molecular flexibility index (Phi) is 4.13. The normalized spacial score (nSPS) is 10.9. The van der Waals surface area contributed by atoms with Crippen LogP contribution in [0.4, 0.5) is 0 Å². The van der Waals surface area contributed by atoms with E-state index in [1.54, 1.807) is 22.7 Å². The van der Waals surface area contributed by atoms with Crippen molar-refractivity contribution in [3.63, 3.8) is 0 Å². The van der Waals surface area contributed by atoms with Crippen LogP contribution < -0.4 is 5.32 Å². The summed E-state index contributed by atoms with van der Waals surface area (Å²) in [6.07, 6.45) is 0. The highest BCUT2D eigenvalue weighted by Crippen LogP contribution is 2.20. The van der Waals surface area contributed by atoms with Gasteiger partial charge in [0.2, 0.25) is 0 Å². The van der Waals surface area contributed by atoms with E-state index < -0.39 is 0 Å². The minimum Gasteiger partial charge on any atom is -0.307 e. The molecule has 0 fully saturated rings. The van der Waals surface area contributed by atoms with Gasteiger partial charge in [-0.05, 0) is 35.8 Å². The molecule has 5 heteroatoms. The number of hydrogen-bond donors (Lipinski definition) is 1. The van der Waals surface area contributed by atoms with Crippen molar-refractivity contribution < 1.29 is 0 Å². The van der Waals surface area contributed by atoms with Gasteiger partial charge in [-0.25, -0.2) is 4.98 Å². The lowest BCUT2D eigenvalue weighted by Gasteiger charge is -2.00. The number of aryl methyl sites for hydroxylation is 2. The second-order valence-corrected chi connectivity index (χ2v) is 6.78. The van der Waals surface area contributed by atoms with Crippen LogP contribution in [0.2, 0.25) is 0 Å². The Morgan fingerprint density at radius 1 is 1.38 bits per heavy atom. The van der Waals surface area contributed by atoms with Crippen molar-refractivity contribution in [3.8, 4) is 0 Å². The molecule has 16 heavy (non-hydrogen) atoms. The lowest BCUT2D eigenvalue weighted by Crippen LogP contribution is -2.11. The Hall–Kier alpha value is -0.230. The number of aromatic nitrogens is 1. The number of halogens is 1. The first kappa shape index (κ1) is 12.2. The summed E-state index contributed by atoms with van der Waals surface area (Å²) < 4.78 is 1.17. The zero-order valence-electron chi connectivity index (χ0n) is 9.21.